The van der Waals surface area contributed by atoms with Crippen molar-refractivity contribution in [3.05, 3.63) is 28.5 Å². The Balaban J connectivity index is 2.08. The number of ether oxygens (including phenoxy) is 1. The fourth-order valence-electron chi connectivity index (χ4n) is 2.18. The van der Waals surface area contributed by atoms with E-state index in [4.69, 9.17) is 10.5 Å². The van der Waals surface area contributed by atoms with Crippen LogP contribution in [0.1, 0.15) is 18.5 Å². The molecule has 0 aromatic carbocycles. The van der Waals surface area contributed by atoms with Gasteiger partial charge in [-0.25, -0.2) is 0 Å². The highest BCUT2D eigenvalue weighted by atomic mass is 79.9. The van der Waals surface area contributed by atoms with Gasteiger partial charge in [-0.05, 0) is 47.3 Å². The molecule has 2 rings (SSSR count). The molecule has 1 fully saturated rings. The summed E-state index contributed by atoms with van der Waals surface area (Å²) in [6.07, 6.45) is 5.00. The van der Waals surface area contributed by atoms with Crippen LogP contribution in [-0.2, 0) is 11.2 Å². The van der Waals surface area contributed by atoms with Crippen molar-refractivity contribution < 1.29 is 4.74 Å². The standard InChI is InChI=1S/C12H17BrN2O/c13-10-2-3-11(15-7-10)6-12(8-14)4-1-5-16-9-12/h2-3,7H,1,4-6,8-9,14H2. The van der Waals surface area contributed by atoms with Gasteiger partial charge in [0.1, 0.15) is 0 Å². The van der Waals surface area contributed by atoms with Gasteiger partial charge in [0, 0.05) is 34.9 Å². The van der Waals surface area contributed by atoms with Gasteiger partial charge >= 0.3 is 0 Å². The zero-order chi connectivity index (χ0) is 11.4. The highest BCUT2D eigenvalue weighted by Crippen LogP contribution is 2.31. The SMILES string of the molecule is NCC1(Cc2ccc(Br)cn2)CCCOC1. The second kappa shape index (κ2) is 5.25. The highest BCUT2D eigenvalue weighted by Gasteiger charge is 2.32. The molecule has 1 aromatic heterocycles. The Hall–Kier alpha value is -0.450. The average Bonchev–Trinajstić information content (AvgIpc) is 2.33. The van der Waals surface area contributed by atoms with Crippen LogP contribution in [-0.4, -0.2) is 24.7 Å². The highest BCUT2D eigenvalue weighted by molar-refractivity contribution is 9.10. The summed E-state index contributed by atoms with van der Waals surface area (Å²) in [5.74, 6) is 0. The van der Waals surface area contributed by atoms with Crippen LogP contribution in [0.3, 0.4) is 0 Å². The number of hydrogen-bond donors (Lipinski definition) is 1. The van der Waals surface area contributed by atoms with Gasteiger partial charge < -0.3 is 10.5 Å². The number of rotatable bonds is 3. The van der Waals surface area contributed by atoms with E-state index in [0.717, 1.165) is 42.6 Å². The van der Waals surface area contributed by atoms with Gasteiger partial charge in [-0.1, -0.05) is 0 Å². The lowest BCUT2D eigenvalue weighted by Gasteiger charge is -2.35. The van der Waals surface area contributed by atoms with Gasteiger partial charge in [0.15, 0.2) is 0 Å². The van der Waals surface area contributed by atoms with Crippen LogP contribution < -0.4 is 5.73 Å². The normalized spacial score (nSPS) is 25.6. The maximum Gasteiger partial charge on any atom is 0.0538 e. The molecule has 88 valence electrons. The second-order valence-electron chi connectivity index (χ2n) is 4.50. The third-order valence-corrected chi connectivity index (χ3v) is 3.65. The lowest BCUT2D eigenvalue weighted by Crippen LogP contribution is -2.40. The third kappa shape index (κ3) is 2.81. The number of nitrogens with zero attached hydrogens (tertiary/aromatic N) is 1. The molecular weight excluding hydrogens is 268 g/mol. The molecule has 1 aliphatic heterocycles. The van der Waals surface area contributed by atoms with Gasteiger partial charge in [-0.3, -0.25) is 4.98 Å². The van der Waals surface area contributed by atoms with Crippen molar-refractivity contribution in [2.75, 3.05) is 19.8 Å². The van der Waals surface area contributed by atoms with Crippen molar-refractivity contribution in [3.63, 3.8) is 0 Å². The van der Waals surface area contributed by atoms with E-state index in [1.54, 1.807) is 0 Å². The Morgan fingerprint density at radius 3 is 2.94 bits per heavy atom. The van der Waals surface area contributed by atoms with Gasteiger partial charge in [0.2, 0.25) is 0 Å². The summed E-state index contributed by atoms with van der Waals surface area (Å²) in [5, 5.41) is 0. The Bertz CT molecular complexity index is 333. The Morgan fingerprint density at radius 2 is 2.38 bits per heavy atom. The maximum atomic E-state index is 5.90. The van der Waals surface area contributed by atoms with Crippen molar-refractivity contribution in [2.24, 2.45) is 11.1 Å². The zero-order valence-electron chi connectivity index (χ0n) is 9.29. The summed E-state index contributed by atoms with van der Waals surface area (Å²) in [6.45, 7) is 2.31. The molecule has 1 aliphatic rings. The number of halogens is 1. The van der Waals surface area contributed by atoms with Crippen molar-refractivity contribution in [1.29, 1.82) is 0 Å². The van der Waals surface area contributed by atoms with E-state index in [1.807, 2.05) is 12.3 Å². The lowest BCUT2D eigenvalue weighted by molar-refractivity contribution is -0.00312. The first-order valence-electron chi connectivity index (χ1n) is 5.62. The van der Waals surface area contributed by atoms with Crippen molar-refractivity contribution in [3.8, 4) is 0 Å². The lowest BCUT2D eigenvalue weighted by atomic mass is 9.78. The first-order valence-corrected chi connectivity index (χ1v) is 6.42. The van der Waals surface area contributed by atoms with Crippen LogP contribution in [0.15, 0.2) is 22.8 Å². The van der Waals surface area contributed by atoms with E-state index >= 15 is 0 Å². The summed E-state index contributed by atoms with van der Waals surface area (Å²) in [4.78, 5) is 4.41. The van der Waals surface area contributed by atoms with E-state index in [9.17, 15) is 0 Å². The Kier molecular flexibility index (Phi) is 3.95. The van der Waals surface area contributed by atoms with E-state index in [2.05, 4.69) is 27.0 Å². The van der Waals surface area contributed by atoms with Crippen LogP contribution in [0, 0.1) is 5.41 Å². The van der Waals surface area contributed by atoms with Crippen LogP contribution in [0.4, 0.5) is 0 Å². The van der Waals surface area contributed by atoms with Crippen LogP contribution in [0.5, 0.6) is 0 Å². The molecule has 2 N–H and O–H groups in total. The Morgan fingerprint density at radius 1 is 1.50 bits per heavy atom. The van der Waals surface area contributed by atoms with E-state index in [0.29, 0.717) is 6.54 Å². The molecule has 1 unspecified atom stereocenters. The van der Waals surface area contributed by atoms with Crippen molar-refractivity contribution in [2.45, 2.75) is 19.3 Å². The molecule has 0 spiro atoms. The quantitative estimate of drug-likeness (QED) is 0.925. The van der Waals surface area contributed by atoms with E-state index in [-0.39, 0.29) is 5.41 Å². The van der Waals surface area contributed by atoms with Crippen molar-refractivity contribution >= 4 is 15.9 Å². The first kappa shape index (κ1) is 12.0. The predicted molar refractivity (Wildman–Crippen MR) is 67.2 cm³/mol. The van der Waals surface area contributed by atoms with Crippen LogP contribution >= 0.6 is 15.9 Å². The first-order chi connectivity index (χ1) is 7.74. The van der Waals surface area contributed by atoms with E-state index < -0.39 is 0 Å². The molecule has 0 amide bonds. The smallest absolute Gasteiger partial charge is 0.0538 e. The van der Waals surface area contributed by atoms with Gasteiger partial charge in [0.25, 0.3) is 0 Å². The van der Waals surface area contributed by atoms with Crippen LogP contribution in [0.25, 0.3) is 0 Å². The zero-order valence-corrected chi connectivity index (χ0v) is 10.9. The topological polar surface area (TPSA) is 48.1 Å². The molecule has 1 aromatic rings. The predicted octanol–water partition coefficient (Wildman–Crippen LogP) is 2.14. The monoisotopic (exact) mass is 284 g/mol. The van der Waals surface area contributed by atoms with Gasteiger partial charge in [-0.2, -0.15) is 0 Å². The van der Waals surface area contributed by atoms with Crippen LogP contribution in [0.2, 0.25) is 0 Å². The summed E-state index contributed by atoms with van der Waals surface area (Å²) < 4.78 is 6.57. The fourth-order valence-corrected chi connectivity index (χ4v) is 2.41. The minimum atomic E-state index is 0.0963. The summed E-state index contributed by atoms with van der Waals surface area (Å²) >= 11 is 3.39. The molecule has 16 heavy (non-hydrogen) atoms. The van der Waals surface area contributed by atoms with Crippen molar-refractivity contribution in [1.82, 2.24) is 4.98 Å². The molecule has 1 saturated heterocycles. The second-order valence-corrected chi connectivity index (χ2v) is 5.42. The molecule has 0 radical (unpaired) electrons. The minimum Gasteiger partial charge on any atom is -0.381 e. The Labute approximate surface area is 105 Å². The summed E-state index contributed by atoms with van der Waals surface area (Å²) in [6, 6.07) is 4.08. The molecule has 0 saturated carbocycles. The molecule has 2 heterocycles. The van der Waals surface area contributed by atoms with Gasteiger partial charge in [0.05, 0.1) is 6.61 Å². The number of aromatic nitrogens is 1. The number of pyridine rings is 1. The molecule has 1 atom stereocenters. The summed E-state index contributed by atoms with van der Waals surface area (Å²) in [7, 11) is 0. The molecule has 0 aliphatic carbocycles. The maximum absolute atomic E-state index is 5.90. The molecule has 3 nitrogen and oxygen atoms in total. The fraction of sp³-hybridized carbons (Fsp3) is 0.583. The number of hydrogen-bond acceptors (Lipinski definition) is 3. The minimum absolute atomic E-state index is 0.0963. The molecule has 4 heteroatoms. The molecular formula is C12H17BrN2O. The number of nitrogens with two attached hydrogens (primary N) is 1. The van der Waals surface area contributed by atoms with Gasteiger partial charge in [-0.15, -0.1) is 0 Å². The van der Waals surface area contributed by atoms with E-state index in [1.165, 1.54) is 0 Å². The largest absolute Gasteiger partial charge is 0.381 e. The summed E-state index contributed by atoms with van der Waals surface area (Å²) in [5.41, 5.74) is 7.09. The molecule has 0 bridgehead atoms. The third-order valence-electron chi connectivity index (χ3n) is 3.18. The average molecular weight is 285 g/mol.